The SMILES string of the molecule is Oc1ccc(C=Nc2ccc3[nH]c4ccccc4c3c2)cc1O. The monoisotopic (exact) mass is 302 g/mol. The second-order valence-electron chi connectivity index (χ2n) is 5.41. The van der Waals surface area contributed by atoms with E-state index in [1.54, 1.807) is 12.3 Å². The predicted octanol–water partition coefficient (Wildman–Crippen LogP) is 4.48. The number of aromatic hydroxyl groups is 2. The summed E-state index contributed by atoms with van der Waals surface area (Å²) in [5.74, 6) is -0.289. The van der Waals surface area contributed by atoms with Gasteiger partial charge in [0.15, 0.2) is 11.5 Å². The summed E-state index contributed by atoms with van der Waals surface area (Å²) >= 11 is 0. The number of rotatable bonds is 2. The first-order valence-corrected chi connectivity index (χ1v) is 7.27. The fourth-order valence-corrected chi connectivity index (χ4v) is 2.69. The summed E-state index contributed by atoms with van der Waals surface area (Å²) in [6.45, 7) is 0. The molecular weight excluding hydrogens is 288 g/mol. The molecule has 0 saturated heterocycles. The van der Waals surface area contributed by atoms with Crippen LogP contribution in [0.2, 0.25) is 0 Å². The Balaban J connectivity index is 1.75. The molecule has 3 aromatic carbocycles. The van der Waals surface area contributed by atoms with Crippen molar-refractivity contribution in [2.75, 3.05) is 0 Å². The Bertz CT molecular complexity index is 1050. The van der Waals surface area contributed by atoms with E-state index in [-0.39, 0.29) is 11.5 Å². The van der Waals surface area contributed by atoms with E-state index >= 15 is 0 Å². The van der Waals surface area contributed by atoms with Gasteiger partial charge in [0.05, 0.1) is 5.69 Å². The van der Waals surface area contributed by atoms with Gasteiger partial charge in [-0.05, 0) is 48.0 Å². The van der Waals surface area contributed by atoms with Gasteiger partial charge in [-0.2, -0.15) is 0 Å². The minimum Gasteiger partial charge on any atom is -0.504 e. The number of aromatic nitrogens is 1. The van der Waals surface area contributed by atoms with E-state index in [1.807, 2.05) is 30.3 Å². The lowest BCUT2D eigenvalue weighted by atomic mass is 10.1. The number of H-pyrrole nitrogens is 1. The Labute approximate surface area is 132 Å². The molecule has 0 radical (unpaired) electrons. The zero-order valence-electron chi connectivity index (χ0n) is 12.2. The van der Waals surface area contributed by atoms with Crippen molar-refractivity contribution in [3.8, 4) is 11.5 Å². The van der Waals surface area contributed by atoms with Crippen LogP contribution in [0.1, 0.15) is 5.56 Å². The first-order chi connectivity index (χ1) is 11.2. The van der Waals surface area contributed by atoms with Gasteiger partial charge in [-0.25, -0.2) is 0 Å². The second-order valence-corrected chi connectivity index (χ2v) is 5.41. The van der Waals surface area contributed by atoms with E-state index in [9.17, 15) is 10.2 Å². The lowest BCUT2D eigenvalue weighted by Crippen LogP contribution is -1.80. The normalized spacial score (nSPS) is 11.7. The van der Waals surface area contributed by atoms with Crippen molar-refractivity contribution in [2.45, 2.75) is 0 Å². The van der Waals surface area contributed by atoms with Crippen LogP contribution in [0.15, 0.2) is 65.7 Å². The standard InChI is InChI=1S/C19H14N2O2/c22-18-8-5-12(9-19(18)23)11-20-13-6-7-17-15(10-13)14-3-1-2-4-16(14)21-17/h1-11,21-23H. The summed E-state index contributed by atoms with van der Waals surface area (Å²) in [6, 6.07) is 18.8. The minimum atomic E-state index is -0.152. The highest BCUT2D eigenvalue weighted by Gasteiger charge is 2.04. The van der Waals surface area contributed by atoms with Crippen LogP contribution in [-0.4, -0.2) is 21.4 Å². The third-order valence-corrected chi connectivity index (χ3v) is 3.85. The fraction of sp³-hybridized carbons (Fsp3) is 0. The number of phenolic OH excluding ortho intramolecular Hbond substituents is 2. The number of nitrogens with one attached hydrogen (secondary N) is 1. The molecule has 1 heterocycles. The summed E-state index contributed by atoms with van der Waals surface area (Å²) in [5.41, 5.74) is 3.73. The molecule has 0 aliphatic rings. The molecule has 4 rings (SSSR count). The first kappa shape index (κ1) is 13.4. The van der Waals surface area contributed by atoms with Crippen LogP contribution in [-0.2, 0) is 0 Å². The first-order valence-electron chi connectivity index (χ1n) is 7.27. The van der Waals surface area contributed by atoms with Crippen LogP contribution in [0.4, 0.5) is 5.69 Å². The largest absolute Gasteiger partial charge is 0.504 e. The number of phenols is 2. The molecule has 23 heavy (non-hydrogen) atoms. The highest BCUT2D eigenvalue weighted by atomic mass is 16.3. The molecule has 3 N–H and O–H groups in total. The average molecular weight is 302 g/mol. The molecule has 0 spiro atoms. The molecule has 0 aliphatic carbocycles. The summed E-state index contributed by atoms with van der Waals surface area (Å²) in [5, 5.41) is 21.1. The molecule has 1 aromatic heterocycles. The maximum absolute atomic E-state index is 9.51. The number of fused-ring (bicyclic) bond motifs is 3. The molecule has 0 atom stereocenters. The zero-order valence-corrected chi connectivity index (χ0v) is 12.2. The third-order valence-electron chi connectivity index (χ3n) is 3.85. The molecule has 0 amide bonds. The number of benzene rings is 3. The van der Waals surface area contributed by atoms with Gasteiger partial charge in [-0.3, -0.25) is 4.99 Å². The Morgan fingerprint density at radius 1 is 0.783 bits per heavy atom. The van der Waals surface area contributed by atoms with Crippen molar-refractivity contribution >= 4 is 33.7 Å². The Morgan fingerprint density at radius 3 is 2.48 bits per heavy atom. The smallest absolute Gasteiger partial charge is 0.158 e. The summed E-state index contributed by atoms with van der Waals surface area (Å²) in [4.78, 5) is 7.83. The molecule has 112 valence electrons. The van der Waals surface area contributed by atoms with E-state index in [2.05, 4.69) is 22.1 Å². The number of aliphatic imine (C=N–C) groups is 1. The fourth-order valence-electron chi connectivity index (χ4n) is 2.69. The van der Waals surface area contributed by atoms with E-state index < -0.39 is 0 Å². The summed E-state index contributed by atoms with van der Waals surface area (Å²) in [7, 11) is 0. The van der Waals surface area contributed by atoms with Crippen molar-refractivity contribution in [1.29, 1.82) is 0 Å². The molecule has 4 heteroatoms. The van der Waals surface area contributed by atoms with E-state index in [0.29, 0.717) is 0 Å². The van der Waals surface area contributed by atoms with Gasteiger partial charge in [0.25, 0.3) is 0 Å². The Morgan fingerprint density at radius 2 is 1.61 bits per heavy atom. The third kappa shape index (κ3) is 2.40. The maximum atomic E-state index is 9.51. The number of hydrogen-bond donors (Lipinski definition) is 3. The molecule has 0 bridgehead atoms. The summed E-state index contributed by atoms with van der Waals surface area (Å²) in [6.07, 6.45) is 1.66. The molecule has 0 aliphatic heterocycles. The zero-order chi connectivity index (χ0) is 15.8. The summed E-state index contributed by atoms with van der Waals surface area (Å²) < 4.78 is 0. The van der Waals surface area contributed by atoms with Gasteiger partial charge in [0, 0.05) is 28.0 Å². The van der Waals surface area contributed by atoms with Gasteiger partial charge in [0.2, 0.25) is 0 Å². The average Bonchev–Trinajstić information content (AvgIpc) is 2.94. The second kappa shape index (κ2) is 5.18. The van der Waals surface area contributed by atoms with Crippen LogP contribution in [0, 0.1) is 0 Å². The van der Waals surface area contributed by atoms with Crippen LogP contribution >= 0.6 is 0 Å². The number of nitrogens with zero attached hydrogens (tertiary/aromatic N) is 1. The van der Waals surface area contributed by atoms with E-state index in [1.165, 1.54) is 17.5 Å². The molecule has 0 fully saturated rings. The van der Waals surface area contributed by atoms with E-state index in [0.717, 1.165) is 27.7 Å². The van der Waals surface area contributed by atoms with Crippen LogP contribution < -0.4 is 0 Å². The van der Waals surface area contributed by atoms with Crippen LogP contribution in [0.25, 0.3) is 21.8 Å². The number of hydrogen-bond acceptors (Lipinski definition) is 3. The van der Waals surface area contributed by atoms with Gasteiger partial charge in [-0.15, -0.1) is 0 Å². The Hall–Kier alpha value is -3.27. The van der Waals surface area contributed by atoms with Crippen molar-refractivity contribution in [3.63, 3.8) is 0 Å². The minimum absolute atomic E-state index is 0.137. The highest BCUT2D eigenvalue weighted by Crippen LogP contribution is 2.29. The van der Waals surface area contributed by atoms with Gasteiger partial charge < -0.3 is 15.2 Å². The van der Waals surface area contributed by atoms with Crippen molar-refractivity contribution in [3.05, 3.63) is 66.2 Å². The molecule has 0 saturated carbocycles. The van der Waals surface area contributed by atoms with Crippen LogP contribution in [0.5, 0.6) is 11.5 Å². The molecule has 4 aromatic rings. The molecule has 0 unspecified atom stereocenters. The van der Waals surface area contributed by atoms with Crippen molar-refractivity contribution < 1.29 is 10.2 Å². The number of para-hydroxylation sites is 1. The lowest BCUT2D eigenvalue weighted by Gasteiger charge is -1.99. The highest BCUT2D eigenvalue weighted by molar-refractivity contribution is 6.08. The topological polar surface area (TPSA) is 68.6 Å². The quantitative estimate of drug-likeness (QED) is 0.377. The molecule has 4 nitrogen and oxygen atoms in total. The predicted molar refractivity (Wildman–Crippen MR) is 92.8 cm³/mol. The van der Waals surface area contributed by atoms with Gasteiger partial charge in [0.1, 0.15) is 0 Å². The number of aromatic amines is 1. The van der Waals surface area contributed by atoms with Crippen molar-refractivity contribution in [1.82, 2.24) is 4.98 Å². The van der Waals surface area contributed by atoms with Crippen molar-refractivity contribution in [2.24, 2.45) is 4.99 Å². The van der Waals surface area contributed by atoms with E-state index in [4.69, 9.17) is 0 Å². The lowest BCUT2D eigenvalue weighted by molar-refractivity contribution is 0.403. The Kier molecular flexibility index (Phi) is 3.01. The molecular formula is C19H14N2O2. The van der Waals surface area contributed by atoms with Crippen LogP contribution in [0.3, 0.4) is 0 Å². The van der Waals surface area contributed by atoms with Gasteiger partial charge in [-0.1, -0.05) is 18.2 Å². The maximum Gasteiger partial charge on any atom is 0.158 e. The van der Waals surface area contributed by atoms with Gasteiger partial charge >= 0.3 is 0 Å².